The highest BCUT2D eigenvalue weighted by Gasteiger charge is 2.09. The fourth-order valence-corrected chi connectivity index (χ4v) is 2.91. The largest absolute Gasteiger partial charge is 0.444 e. The minimum absolute atomic E-state index is 0.249. The van der Waals surface area contributed by atoms with E-state index in [1.54, 1.807) is 6.26 Å². The van der Waals surface area contributed by atoms with Crippen molar-refractivity contribution in [1.82, 2.24) is 10.3 Å². The van der Waals surface area contributed by atoms with Gasteiger partial charge < -0.3 is 15.1 Å². The molecule has 29 heavy (non-hydrogen) atoms. The number of anilines is 1. The van der Waals surface area contributed by atoms with E-state index < -0.39 is 0 Å². The Kier molecular flexibility index (Phi) is 5.38. The van der Waals surface area contributed by atoms with Crippen LogP contribution in [-0.4, -0.2) is 11.0 Å². The summed E-state index contributed by atoms with van der Waals surface area (Å²) >= 11 is 0. The van der Waals surface area contributed by atoms with Crippen molar-refractivity contribution in [2.45, 2.75) is 13.5 Å². The lowest BCUT2D eigenvalue weighted by Crippen LogP contribution is -2.28. The van der Waals surface area contributed by atoms with Crippen molar-refractivity contribution in [3.63, 3.8) is 0 Å². The van der Waals surface area contributed by atoms with Gasteiger partial charge in [0.1, 0.15) is 12.0 Å². The second-order valence-electron chi connectivity index (χ2n) is 6.77. The van der Waals surface area contributed by atoms with Gasteiger partial charge in [-0.3, -0.25) is 0 Å². The van der Waals surface area contributed by atoms with Crippen LogP contribution < -0.4 is 10.6 Å². The summed E-state index contributed by atoms with van der Waals surface area (Å²) < 4.78 is 5.61. The highest BCUT2D eigenvalue weighted by molar-refractivity contribution is 5.89. The molecule has 5 heteroatoms. The summed E-state index contributed by atoms with van der Waals surface area (Å²) in [6.07, 6.45) is 1.65. The van der Waals surface area contributed by atoms with Crippen LogP contribution in [0.15, 0.2) is 89.5 Å². The Balaban J connectivity index is 1.36. The third-order valence-electron chi connectivity index (χ3n) is 4.54. The van der Waals surface area contributed by atoms with Gasteiger partial charge in [-0.25, -0.2) is 9.78 Å². The number of urea groups is 1. The summed E-state index contributed by atoms with van der Waals surface area (Å²) in [5.74, 6) is 0.541. The van der Waals surface area contributed by atoms with Crippen molar-refractivity contribution in [3.05, 3.63) is 96.3 Å². The lowest BCUT2D eigenvalue weighted by molar-refractivity contribution is 0.251. The molecule has 4 rings (SSSR count). The number of carbonyl (C=O) groups excluding carboxylic acids is 1. The summed E-state index contributed by atoms with van der Waals surface area (Å²) in [5.41, 5.74) is 5.59. The van der Waals surface area contributed by atoms with Crippen molar-refractivity contribution in [2.24, 2.45) is 0 Å². The predicted molar refractivity (Wildman–Crippen MR) is 114 cm³/mol. The normalized spacial score (nSPS) is 10.5. The highest BCUT2D eigenvalue weighted by atomic mass is 16.3. The highest BCUT2D eigenvalue weighted by Crippen LogP contribution is 2.25. The second-order valence-corrected chi connectivity index (χ2v) is 6.77. The van der Waals surface area contributed by atoms with Crippen LogP contribution in [0.1, 0.15) is 11.1 Å². The number of aromatic nitrogens is 1. The Labute approximate surface area is 169 Å². The van der Waals surface area contributed by atoms with Gasteiger partial charge in [0, 0.05) is 23.4 Å². The number of hydrogen-bond acceptors (Lipinski definition) is 3. The zero-order valence-corrected chi connectivity index (χ0v) is 16.1. The van der Waals surface area contributed by atoms with Crippen LogP contribution in [0.5, 0.6) is 0 Å². The number of nitrogens with zero attached hydrogens (tertiary/aromatic N) is 1. The number of nitrogens with one attached hydrogen (secondary N) is 2. The monoisotopic (exact) mass is 383 g/mol. The molecule has 144 valence electrons. The molecule has 0 aliphatic carbocycles. The first-order valence-electron chi connectivity index (χ1n) is 9.39. The third-order valence-corrected chi connectivity index (χ3v) is 4.54. The number of benzene rings is 3. The molecule has 1 heterocycles. The van der Waals surface area contributed by atoms with Gasteiger partial charge in [0.05, 0.1) is 0 Å². The Morgan fingerprint density at radius 1 is 0.897 bits per heavy atom. The first kappa shape index (κ1) is 18.5. The van der Waals surface area contributed by atoms with Crippen LogP contribution in [0.3, 0.4) is 0 Å². The summed E-state index contributed by atoms with van der Waals surface area (Å²) in [4.78, 5) is 16.7. The molecule has 1 aromatic heterocycles. The van der Waals surface area contributed by atoms with E-state index in [0.29, 0.717) is 18.1 Å². The van der Waals surface area contributed by atoms with E-state index in [1.807, 2.05) is 85.8 Å². The number of aryl methyl sites for hydroxylation is 1. The van der Waals surface area contributed by atoms with Gasteiger partial charge in [-0.05, 0) is 36.8 Å². The fraction of sp³-hybridized carbons (Fsp3) is 0.0833. The predicted octanol–water partition coefficient (Wildman–Crippen LogP) is 5.64. The molecule has 5 nitrogen and oxygen atoms in total. The summed E-state index contributed by atoms with van der Waals surface area (Å²) in [6.45, 7) is 2.51. The van der Waals surface area contributed by atoms with Gasteiger partial charge >= 0.3 is 6.03 Å². The molecule has 0 saturated heterocycles. The molecule has 0 bridgehead atoms. The average molecular weight is 383 g/mol. The summed E-state index contributed by atoms with van der Waals surface area (Å²) in [6, 6.07) is 25.1. The van der Waals surface area contributed by atoms with E-state index in [4.69, 9.17) is 4.42 Å². The van der Waals surface area contributed by atoms with Crippen LogP contribution in [0.25, 0.3) is 22.7 Å². The minimum Gasteiger partial charge on any atom is -0.444 e. The fourth-order valence-electron chi connectivity index (χ4n) is 2.91. The molecule has 0 spiro atoms. The van der Waals surface area contributed by atoms with Gasteiger partial charge in [0.2, 0.25) is 5.89 Å². The molecule has 0 fully saturated rings. The van der Waals surface area contributed by atoms with Crippen molar-refractivity contribution in [3.8, 4) is 22.7 Å². The number of amides is 2. The van der Waals surface area contributed by atoms with E-state index in [-0.39, 0.29) is 6.03 Å². The zero-order chi connectivity index (χ0) is 20.1. The van der Waals surface area contributed by atoms with E-state index in [9.17, 15) is 4.79 Å². The number of oxazole rings is 1. The molecular weight excluding hydrogens is 362 g/mol. The number of carbonyl (C=O) groups is 1. The van der Waals surface area contributed by atoms with Gasteiger partial charge in [0.25, 0.3) is 0 Å². The molecule has 3 aromatic carbocycles. The molecule has 0 saturated carbocycles. The average Bonchev–Trinajstić information content (AvgIpc) is 3.25. The van der Waals surface area contributed by atoms with Gasteiger partial charge in [-0.1, -0.05) is 60.2 Å². The molecule has 2 amide bonds. The zero-order valence-electron chi connectivity index (χ0n) is 16.1. The van der Waals surface area contributed by atoms with Gasteiger partial charge in [-0.15, -0.1) is 0 Å². The maximum atomic E-state index is 12.1. The molecule has 0 aliphatic rings. The smallest absolute Gasteiger partial charge is 0.319 e. The minimum atomic E-state index is -0.249. The van der Waals surface area contributed by atoms with Crippen LogP contribution in [0, 0.1) is 6.92 Å². The van der Waals surface area contributed by atoms with E-state index in [1.165, 1.54) is 5.56 Å². The van der Waals surface area contributed by atoms with Gasteiger partial charge in [-0.2, -0.15) is 0 Å². The first-order chi connectivity index (χ1) is 14.2. The topological polar surface area (TPSA) is 67.2 Å². The van der Waals surface area contributed by atoms with Gasteiger partial charge in [0.15, 0.2) is 0 Å². The Morgan fingerprint density at radius 2 is 1.62 bits per heavy atom. The standard InChI is InChI=1S/C24H21N3O2/c1-17-7-9-18(10-8-17)15-25-24(28)26-21-13-11-20(12-14-21)23-27-22(16-29-23)19-5-3-2-4-6-19/h2-14,16H,15H2,1H3,(H2,25,26,28). The lowest BCUT2D eigenvalue weighted by atomic mass is 10.1. The molecular formula is C24H21N3O2. The Morgan fingerprint density at radius 3 is 2.34 bits per heavy atom. The van der Waals surface area contributed by atoms with E-state index in [0.717, 1.165) is 22.4 Å². The maximum Gasteiger partial charge on any atom is 0.319 e. The van der Waals surface area contributed by atoms with Crippen LogP contribution in [0.4, 0.5) is 10.5 Å². The van der Waals surface area contributed by atoms with E-state index in [2.05, 4.69) is 15.6 Å². The van der Waals surface area contributed by atoms with Crippen molar-refractivity contribution in [2.75, 3.05) is 5.32 Å². The maximum absolute atomic E-state index is 12.1. The number of hydrogen-bond donors (Lipinski definition) is 2. The van der Waals surface area contributed by atoms with Crippen LogP contribution in [-0.2, 0) is 6.54 Å². The number of rotatable bonds is 5. The van der Waals surface area contributed by atoms with Crippen LogP contribution >= 0.6 is 0 Å². The van der Waals surface area contributed by atoms with E-state index >= 15 is 0 Å². The Hall–Kier alpha value is -3.86. The summed E-state index contributed by atoms with van der Waals surface area (Å²) in [7, 11) is 0. The van der Waals surface area contributed by atoms with Crippen molar-refractivity contribution < 1.29 is 9.21 Å². The molecule has 0 aliphatic heterocycles. The quantitative estimate of drug-likeness (QED) is 0.469. The molecule has 0 atom stereocenters. The third kappa shape index (κ3) is 4.71. The molecule has 4 aromatic rings. The lowest BCUT2D eigenvalue weighted by Gasteiger charge is -2.08. The first-order valence-corrected chi connectivity index (χ1v) is 9.39. The SMILES string of the molecule is Cc1ccc(CNC(=O)Nc2ccc(-c3nc(-c4ccccc4)co3)cc2)cc1. The second kappa shape index (κ2) is 8.44. The molecule has 0 unspecified atom stereocenters. The summed E-state index contributed by atoms with van der Waals surface area (Å²) in [5, 5.41) is 5.69. The van der Waals surface area contributed by atoms with Crippen molar-refractivity contribution in [1.29, 1.82) is 0 Å². The Bertz CT molecular complexity index is 1090. The van der Waals surface area contributed by atoms with Crippen molar-refractivity contribution >= 4 is 11.7 Å². The van der Waals surface area contributed by atoms with Crippen LogP contribution in [0.2, 0.25) is 0 Å². The molecule has 0 radical (unpaired) electrons. The molecule has 2 N–H and O–H groups in total.